The number of amides is 1. The number of hydrazine groups is 1. The normalized spacial score (nSPS) is 37.2. The van der Waals surface area contributed by atoms with Crippen molar-refractivity contribution in [2.24, 2.45) is 17.2 Å². The second-order valence-corrected chi connectivity index (χ2v) is 3.88. The maximum Gasteiger partial charge on any atom is 0.239 e. The third-order valence-electron chi connectivity index (χ3n) is 2.67. The molecular formula is C8H16N2O. The maximum absolute atomic E-state index is 11.2. The highest BCUT2D eigenvalue weighted by molar-refractivity contribution is 5.81. The second kappa shape index (κ2) is 2.81. The first-order valence-electron chi connectivity index (χ1n) is 4.09. The smallest absolute Gasteiger partial charge is 0.239 e. The van der Waals surface area contributed by atoms with Gasteiger partial charge in [0, 0.05) is 5.41 Å². The molecule has 11 heavy (non-hydrogen) atoms. The van der Waals surface area contributed by atoms with Crippen molar-refractivity contribution in [2.75, 3.05) is 0 Å². The van der Waals surface area contributed by atoms with Gasteiger partial charge >= 0.3 is 0 Å². The fourth-order valence-electron chi connectivity index (χ4n) is 1.92. The van der Waals surface area contributed by atoms with E-state index in [9.17, 15) is 4.79 Å². The van der Waals surface area contributed by atoms with Crippen LogP contribution in [0.15, 0.2) is 0 Å². The fraction of sp³-hybridized carbons (Fsp3) is 0.875. The number of carbonyl (C=O) groups excluding carboxylic acids is 1. The molecule has 64 valence electrons. The van der Waals surface area contributed by atoms with Crippen LogP contribution in [0.3, 0.4) is 0 Å². The molecule has 3 heteroatoms. The van der Waals surface area contributed by atoms with E-state index in [1.54, 1.807) is 0 Å². The SMILES string of the molecule is C[C@@H]1CC[C@@](C)(C(=O)NN)C1. The molecule has 1 amide bonds. The van der Waals surface area contributed by atoms with Crippen molar-refractivity contribution in [2.45, 2.75) is 33.1 Å². The summed E-state index contributed by atoms with van der Waals surface area (Å²) in [6.45, 7) is 4.16. The summed E-state index contributed by atoms with van der Waals surface area (Å²) >= 11 is 0. The van der Waals surface area contributed by atoms with Gasteiger partial charge in [0.05, 0.1) is 0 Å². The molecule has 0 heterocycles. The van der Waals surface area contributed by atoms with Crippen LogP contribution in [-0.2, 0) is 4.79 Å². The number of hydrogen-bond acceptors (Lipinski definition) is 2. The minimum atomic E-state index is -0.200. The Morgan fingerprint density at radius 3 is 2.73 bits per heavy atom. The molecule has 0 saturated heterocycles. The summed E-state index contributed by atoms with van der Waals surface area (Å²) < 4.78 is 0. The molecule has 0 aliphatic heterocycles. The van der Waals surface area contributed by atoms with Gasteiger partial charge in [-0.15, -0.1) is 0 Å². The summed E-state index contributed by atoms with van der Waals surface area (Å²) in [4.78, 5) is 11.2. The molecule has 0 unspecified atom stereocenters. The Hall–Kier alpha value is -0.570. The molecule has 0 aromatic heterocycles. The first-order chi connectivity index (χ1) is 5.08. The lowest BCUT2D eigenvalue weighted by Gasteiger charge is -2.20. The summed E-state index contributed by atoms with van der Waals surface area (Å²) in [5.74, 6) is 5.73. The molecule has 1 aliphatic rings. The van der Waals surface area contributed by atoms with Crippen molar-refractivity contribution in [1.82, 2.24) is 5.43 Å². The van der Waals surface area contributed by atoms with E-state index in [0.717, 1.165) is 19.3 Å². The molecule has 1 aliphatic carbocycles. The molecule has 1 fully saturated rings. The number of hydrogen-bond donors (Lipinski definition) is 2. The predicted molar refractivity (Wildman–Crippen MR) is 43.5 cm³/mol. The summed E-state index contributed by atoms with van der Waals surface area (Å²) in [5.41, 5.74) is 2.03. The van der Waals surface area contributed by atoms with Crippen LogP contribution in [0.1, 0.15) is 33.1 Å². The van der Waals surface area contributed by atoms with E-state index in [1.165, 1.54) is 0 Å². The standard InChI is InChI=1S/C8H16N2O/c1-6-3-4-8(2,5-6)7(11)10-9/h6H,3-5,9H2,1-2H3,(H,10,11)/t6-,8-/m1/s1. The largest absolute Gasteiger partial charge is 0.294 e. The number of rotatable bonds is 1. The lowest BCUT2D eigenvalue weighted by atomic mass is 9.87. The van der Waals surface area contributed by atoms with Crippen LogP contribution in [0.25, 0.3) is 0 Å². The third-order valence-corrected chi connectivity index (χ3v) is 2.67. The Morgan fingerprint density at radius 1 is 1.73 bits per heavy atom. The number of nitrogens with one attached hydrogen (secondary N) is 1. The minimum absolute atomic E-state index is 0.0122. The van der Waals surface area contributed by atoms with Crippen LogP contribution in [0.5, 0.6) is 0 Å². The Morgan fingerprint density at radius 2 is 2.36 bits per heavy atom. The molecule has 2 atom stereocenters. The molecular weight excluding hydrogens is 140 g/mol. The average molecular weight is 156 g/mol. The zero-order valence-corrected chi connectivity index (χ0v) is 7.18. The summed E-state index contributed by atoms with van der Waals surface area (Å²) in [6, 6.07) is 0. The molecule has 0 spiro atoms. The van der Waals surface area contributed by atoms with E-state index in [1.807, 2.05) is 6.92 Å². The topological polar surface area (TPSA) is 55.1 Å². The number of nitrogens with two attached hydrogens (primary N) is 1. The van der Waals surface area contributed by atoms with Gasteiger partial charge in [-0.3, -0.25) is 10.2 Å². The first-order valence-corrected chi connectivity index (χ1v) is 4.09. The van der Waals surface area contributed by atoms with E-state index in [2.05, 4.69) is 12.3 Å². The van der Waals surface area contributed by atoms with Crippen molar-refractivity contribution < 1.29 is 4.79 Å². The van der Waals surface area contributed by atoms with Gasteiger partial charge < -0.3 is 0 Å². The minimum Gasteiger partial charge on any atom is -0.294 e. The highest BCUT2D eigenvalue weighted by atomic mass is 16.2. The quantitative estimate of drug-likeness (QED) is 0.335. The Bertz CT molecular complexity index is 169. The number of carbonyl (C=O) groups is 1. The van der Waals surface area contributed by atoms with Gasteiger partial charge in [-0.25, -0.2) is 5.84 Å². The van der Waals surface area contributed by atoms with Gasteiger partial charge in [0.2, 0.25) is 5.91 Å². The van der Waals surface area contributed by atoms with Crippen molar-refractivity contribution in [3.05, 3.63) is 0 Å². The lowest BCUT2D eigenvalue weighted by molar-refractivity contribution is -0.130. The zero-order chi connectivity index (χ0) is 8.48. The lowest BCUT2D eigenvalue weighted by Crippen LogP contribution is -2.41. The maximum atomic E-state index is 11.2. The summed E-state index contributed by atoms with van der Waals surface area (Å²) in [7, 11) is 0. The van der Waals surface area contributed by atoms with E-state index < -0.39 is 0 Å². The van der Waals surface area contributed by atoms with Gasteiger partial charge in [0.15, 0.2) is 0 Å². The van der Waals surface area contributed by atoms with Crippen LogP contribution in [0.4, 0.5) is 0 Å². The summed E-state index contributed by atoms with van der Waals surface area (Å²) in [5, 5.41) is 0. The Balaban J connectivity index is 2.61. The van der Waals surface area contributed by atoms with Crippen molar-refractivity contribution in [1.29, 1.82) is 0 Å². The highest BCUT2D eigenvalue weighted by Crippen LogP contribution is 2.40. The van der Waals surface area contributed by atoms with Crippen LogP contribution in [0.2, 0.25) is 0 Å². The van der Waals surface area contributed by atoms with Gasteiger partial charge in [-0.05, 0) is 25.2 Å². The second-order valence-electron chi connectivity index (χ2n) is 3.88. The molecule has 1 saturated carbocycles. The Labute approximate surface area is 67.3 Å². The van der Waals surface area contributed by atoms with E-state index >= 15 is 0 Å². The Kier molecular flexibility index (Phi) is 2.18. The van der Waals surface area contributed by atoms with Gasteiger partial charge in [-0.2, -0.15) is 0 Å². The predicted octanol–water partition coefficient (Wildman–Crippen LogP) is 0.803. The van der Waals surface area contributed by atoms with Gasteiger partial charge in [0.25, 0.3) is 0 Å². The van der Waals surface area contributed by atoms with Crippen molar-refractivity contribution in [3.63, 3.8) is 0 Å². The molecule has 0 aromatic carbocycles. The van der Waals surface area contributed by atoms with Crippen LogP contribution in [-0.4, -0.2) is 5.91 Å². The van der Waals surface area contributed by atoms with Crippen LogP contribution < -0.4 is 11.3 Å². The molecule has 3 nitrogen and oxygen atoms in total. The monoisotopic (exact) mass is 156 g/mol. The first kappa shape index (κ1) is 8.53. The highest BCUT2D eigenvalue weighted by Gasteiger charge is 2.38. The van der Waals surface area contributed by atoms with Gasteiger partial charge in [0.1, 0.15) is 0 Å². The van der Waals surface area contributed by atoms with Crippen LogP contribution in [0, 0.1) is 11.3 Å². The average Bonchev–Trinajstić information content (AvgIpc) is 2.31. The van der Waals surface area contributed by atoms with Crippen molar-refractivity contribution in [3.8, 4) is 0 Å². The fourth-order valence-corrected chi connectivity index (χ4v) is 1.92. The molecule has 3 N–H and O–H groups in total. The zero-order valence-electron chi connectivity index (χ0n) is 7.18. The van der Waals surface area contributed by atoms with Gasteiger partial charge in [-0.1, -0.05) is 13.8 Å². The molecule has 0 bridgehead atoms. The molecule has 1 rings (SSSR count). The van der Waals surface area contributed by atoms with E-state index in [-0.39, 0.29) is 11.3 Å². The third kappa shape index (κ3) is 1.53. The molecule has 0 aromatic rings. The van der Waals surface area contributed by atoms with E-state index in [4.69, 9.17) is 5.84 Å². The van der Waals surface area contributed by atoms with E-state index in [0.29, 0.717) is 5.92 Å². The van der Waals surface area contributed by atoms with Crippen LogP contribution >= 0.6 is 0 Å². The van der Waals surface area contributed by atoms with Crippen molar-refractivity contribution >= 4 is 5.91 Å². The summed E-state index contributed by atoms with van der Waals surface area (Å²) in [6.07, 6.45) is 3.08. The molecule has 0 radical (unpaired) electrons.